The third-order valence-corrected chi connectivity index (χ3v) is 6.06. The van der Waals surface area contributed by atoms with Crippen molar-refractivity contribution in [2.45, 2.75) is 25.5 Å². The van der Waals surface area contributed by atoms with Crippen molar-refractivity contribution in [3.05, 3.63) is 144 Å². The van der Waals surface area contributed by atoms with Crippen LogP contribution in [0.5, 0.6) is 0 Å². The van der Waals surface area contributed by atoms with Crippen LogP contribution in [0.1, 0.15) is 34.6 Å². The van der Waals surface area contributed by atoms with E-state index in [2.05, 4.69) is 32.1 Å². The summed E-state index contributed by atoms with van der Waals surface area (Å²) in [5, 5.41) is 10.3. The molecule has 0 aromatic heterocycles. The van der Waals surface area contributed by atoms with E-state index in [1.54, 1.807) is 60.7 Å². The van der Waals surface area contributed by atoms with Crippen LogP contribution in [0, 0.1) is 0 Å². The largest absolute Gasteiger partial charge is 0.445 e. The monoisotopic (exact) mass is 596 g/mol. The van der Waals surface area contributed by atoms with Gasteiger partial charge in [-0.25, -0.2) is 30.0 Å². The molecule has 44 heavy (non-hydrogen) atoms. The number of carbonyl (C=O) groups excluding carboxylic acids is 4. The summed E-state index contributed by atoms with van der Waals surface area (Å²) in [6, 6.07) is 34.0. The normalized spacial score (nSPS) is 11.5. The maximum absolute atomic E-state index is 12.7. The van der Waals surface area contributed by atoms with E-state index in [1.165, 1.54) is 0 Å². The molecule has 0 saturated heterocycles. The molecule has 0 aliphatic carbocycles. The Morgan fingerprint density at radius 1 is 0.455 bits per heavy atom. The summed E-state index contributed by atoms with van der Waals surface area (Å²) in [5.74, 6) is 0. The average Bonchev–Trinajstić information content (AvgIpc) is 3.06. The van der Waals surface area contributed by atoms with Crippen LogP contribution in [-0.4, -0.2) is 24.2 Å². The first-order chi connectivity index (χ1) is 21.5. The van der Waals surface area contributed by atoms with Gasteiger partial charge >= 0.3 is 24.2 Å². The molecule has 2 unspecified atom stereocenters. The van der Waals surface area contributed by atoms with E-state index in [0.29, 0.717) is 11.1 Å². The lowest BCUT2D eigenvalue weighted by molar-refractivity contribution is 0.132. The van der Waals surface area contributed by atoms with E-state index in [9.17, 15) is 19.2 Å². The number of carbonyl (C=O) groups is 4. The smallest absolute Gasteiger partial charge is 0.409 e. The number of nitrogens with one attached hydrogen (secondary N) is 6. The topological polar surface area (TPSA) is 159 Å². The summed E-state index contributed by atoms with van der Waals surface area (Å²) >= 11 is 0. The van der Waals surface area contributed by atoms with E-state index in [1.807, 2.05) is 60.7 Å². The quantitative estimate of drug-likeness (QED) is 0.115. The van der Waals surface area contributed by atoms with Gasteiger partial charge in [0.15, 0.2) is 0 Å². The second kappa shape index (κ2) is 16.4. The van der Waals surface area contributed by atoms with E-state index in [-0.39, 0.29) is 13.2 Å². The number of urea groups is 2. The maximum Gasteiger partial charge on any atom is 0.409 e. The second-order valence-electron chi connectivity index (χ2n) is 9.30. The highest BCUT2D eigenvalue weighted by Gasteiger charge is 2.20. The van der Waals surface area contributed by atoms with Crippen molar-refractivity contribution in [2.24, 2.45) is 0 Å². The first kappa shape index (κ1) is 30.9. The predicted molar refractivity (Wildman–Crippen MR) is 161 cm³/mol. The first-order valence-electron chi connectivity index (χ1n) is 13.6. The molecular weight excluding hydrogens is 564 g/mol. The molecule has 6 amide bonds. The highest BCUT2D eigenvalue weighted by molar-refractivity contribution is 5.81. The molecule has 0 heterocycles. The molecular formula is C32H32N6O6. The fraction of sp³-hybridized carbons (Fsp3) is 0.125. The third-order valence-electron chi connectivity index (χ3n) is 6.06. The van der Waals surface area contributed by atoms with Crippen LogP contribution in [0.4, 0.5) is 19.2 Å². The van der Waals surface area contributed by atoms with Crippen molar-refractivity contribution in [1.82, 2.24) is 32.1 Å². The van der Waals surface area contributed by atoms with E-state index >= 15 is 0 Å². The minimum atomic E-state index is -0.984. The predicted octanol–water partition coefficient (Wildman–Crippen LogP) is 4.75. The number of hydrogen-bond donors (Lipinski definition) is 6. The first-order valence-corrected chi connectivity index (χ1v) is 13.6. The molecule has 12 nitrogen and oxygen atoms in total. The van der Waals surface area contributed by atoms with E-state index in [0.717, 1.165) is 11.1 Å². The Balaban J connectivity index is 1.30. The Bertz CT molecular complexity index is 1380. The summed E-state index contributed by atoms with van der Waals surface area (Å²) in [4.78, 5) is 50.4. The van der Waals surface area contributed by atoms with Crippen molar-refractivity contribution in [2.75, 3.05) is 0 Å². The van der Waals surface area contributed by atoms with Gasteiger partial charge in [-0.1, -0.05) is 121 Å². The van der Waals surface area contributed by atoms with Gasteiger partial charge in [0.25, 0.3) is 0 Å². The van der Waals surface area contributed by atoms with Gasteiger partial charge in [-0.3, -0.25) is 10.6 Å². The van der Waals surface area contributed by atoms with Crippen LogP contribution >= 0.6 is 0 Å². The molecule has 0 aliphatic heterocycles. The van der Waals surface area contributed by atoms with Crippen molar-refractivity contribution < 1.29 is 28.7 Å². The summed E-state index contributed by atoms with van der Waals surface area (Å²) < 4.78 is 10.5. The highest BCUT2D eigenvalue weighted by atomic mass is 16.6. The van der Waals surface area contributed by atoms with Gasteiger partial charge in [0.2, 0.25) is 0 Å². The SMILES string of the molecule is O=C(NNC(=O)NC(NC(=O)OCc1ccccc1)c1ccccc1)NC(NC(=O)OCc1ccccc1)c1ccccc1. The van der Waals surface area contributed by atoms with Crippen molar-refractivity contribution in [3.63, 3.8) is 0 Å². The molecule has 4 aromatic rings. The minimum Gasteiger partial charge on any atom is -0.445 e. The van der Waals surface area contributed by atoms with Gasteiger partial charge in [-0.05, 0) is 22.3 Å². The summed E-state index contributed by atoms with van der Waals surface area (Å²) in [7, 11) is 0. The Kier molecular flexibility index (Phi) is 11.5. The van der Waals surface area contributed by atoms with Crippen LogP contribution in [-0.2, 0) is 22.7 Å². The Hall–Kier alpha value is -6.04. The molecule has 0 saturated carbocycles. The van der Waals surface area contributed by atoms with E-state index in [4.69, 9.17) is 9.47 Å². The minimum absolute atomic E-state index is 0.0402. The van der Waals surface area contributed by atoms with Crippen molar-refractivity contribution >= 4 is 24.2 Å². The van der Waals surface area contributed by atoms with Gasteiger partial charge in [0, 0.05) is 0 Å². The van der Waals surface area contributed by atoms with Crippen LogP contribution in [0.3, 0.4) is 0 Å². The highest BCUT2D eigenvalue weighted by Crippen LogP contribution is 2.12. The Morgan fingerprint density at radius 3 is 1.11 bits per heavy atom. The Morgan fingerprint density at radius 2 is 0.773 bits per heavy atom. The number of hydrazine groups is 1. The van der Waals surface area contributed by atoms with Gasteiger partial charge in [-0.15, -0.1) is 0 Å². The molecule has 0 radical (unpaired) electrons. The third kappa shape index (κ3) is 10.4. The summed E-state index contributed by atoms with van der Waals surface area (Å²) in [6.45, 7) is 0.0804. The zero-order valence-corrected chi connectivity index (χ0v) is 23.6. The zero-order chi connectivity index (χ0) is 31.0. The van der Waals surface area contributed by atoms with Crippen molar-refractivity contribution in [3.8, 4) is 0 Å². The molecule has 226 valence electrons. The van der Waals surface area contributed by atoms with Gasteiger partial charge in [0.1, 0.15) is 25.5 Å². The molecule has 0 spiro atoms. The Labute approximate surface area is 254 Å². The number of hydrogen-bond acceptors (Lipinski definition) is 6. The van der Waals surface area contributed by atoms with Crippen LogP contribution in [0.25, 0.3) is 0 Å². The standard InChI is InChI=1S/C32H32N6O6/c39-29(33-27(25-17-9-3-10-18-25)35-31(41)43-21-23-13-5-1-6-14-23)37-38-30(40)34-28(26-19-11-4-12-20-26)36-32(42)44-22-24-15-7-2-8-16-24/h1-20,27-28H,21-22H2,(H,35,41)(H,36,42)(H2,33,37,39)(H2,34,38,40). The second-order valence-corrected chi connectivity index (χ2v) is 9.30. The number of amides is 6. The molecule has 4 aromatic carbocycles. The number of rotatable bonds is 10. The van der Waals surface area contributed by atoms with Crippen LogP contribution in [0.2, 0.25) is 0 Å². The zero-order valence-electron chi connectivity index (χ0n) is 23.6. The van der Waals surface area contributed by atoms with Gasteiger partial charge < -0.3 is 20.1 Å². The molecule has 4 rings (SSSR count). The van der Waals surface area contributed by atoms with E-state index < -0.39 is 36.6 Å². The molecule has 0 fully saturated rings. The molecule has 0 bridgehead atoms. The lowest BCUT2D eigenvalue weighted by Gasteiger charge is -2.22. The number of ether oxygens (including phenoxy) is 2. The number of alkyl carbamates (subject to hydrolysis) is 2. The average molecular weight is 597 g/mol. The van der Waals surface area contributed by atoms with Crippen LogP contribution in [0.15, 0.2) is 121 Å². The fourth-order valence-corrected chi connectivity index (χ4v) is 3.91. The van der Waals surface area contributed by atoms with Gasteiger partial charge in [-0.2, -0.15) is 0 Å². The van der Waals surface area contributed by atoms with Gasteiger partial charge in [0.05, 0.1) is 0 Å². The lowest BCUT2D eigenvalue weighted by Crippen LogP contribution is -2.54. The molecule has 2 atom stereocenters. The number of benzene rings is 4. The molecule has 12 heteroatoms. The van der Waals surface area contributed by atoms with Crippen molar-refractivity contribution in [1.29, 1.82) is 0 Å². The summed E-state index contributed by atoms with van der Waals surface area (Å²) in [6.07, 6.45) is -3.49. The summed E-state index contributed by atoms with van der Waals surface area (Å²) in [5.41, 5.74) is 7.16. The molecule has 0 aliphatic rings. The van der Waals surface area contributed by atoms with Crippen LogP contribution < -0.4 is 32.1 Å². The maximum atomic E-state index is 12.7. The lowest BCUT2D eigenvalue weighted by atomic mass is 10.2. The fourth-order valence-electron chi connectivity index (χ4n) is 3.91. The molecule has 6 N–H and O–H groups in total.